The van der Waals surface area contributed by atoms with E-state index in [2.05, 4.69) is 29.4 Å². The number of hydrogen-bond donors (Lipinski definition) is 2. The van der Waals surface area contributed by atoms with E-state index in [1.807, 2.05) is 0 Å². The zero-order valence-electron chi connectivity index (χ0n) is 12.0. The summed E-state index contributed by atoms with van der Waals surface area (Å²) >= 11 is 0. The number of unbranched alkanes of at least 4 members (excludes halogenated alkanes) is 1. The Kier molecular flexibility index (Phi) is 8.01. The third kappa shape index (κ3) is 6.36. The Balaban J connectivity index is 2.03. The van der Waals surface area contributed by atoms with Crippen LogP contribution in [0.3, 0.4) is 0 Å². The van der Waals surface area contributed by atoms with Crippen molar-refractivity contribution in [2.45, 2.75) is 52.0 Å². The summed E-state index contributed by atoms with van der Waals surface area (Å²) in [7, 11) is 0. The van der Waals surface area contributed by atoms with E-state index in [-0.39, 0.29) is 5.91 Å². The van der Waals surface area contributed by atoms with Gasteiger partial charge in [0.25, 0.3) is 0 Å². The van der Waals surface area contributed by atoms with Crippen LogP contribution in [0.25, 0.3) is 0 Å². The number of rotatable bonds is 8. The van der Waals surface area contributed by atoms with Crippen LogP contribution < -0.4 is 10.6 Å². The Hall–Kier alpha value is -0.610. The fraction of sp³-hybridized carbons (Fsp3) is 0.929. The molecule has 1 unspecified atom stereocenters. The van der Waals surface area contributed by atoms with Gasteiger partial charge < -0.3 is 10.6 Å². The van der Waals surface area contributed by atoms with Gasteiger partial charge in [-0.05, 0) is 39.3 Å². The lowest BCUT2D eigenvalue weighted by Gasteiger charge is -2.32. The summed E-state index contributed by atoms with van der Waals surface area (Å²) in [5, 5.41) is 6.18. The molecule has 0 aromatic heterocycles. The summed E-state index contributed by atoms with van der Waals surface area (Å²) < 4.78 is 0. The van der Waals surface area contributed by atoms with Gasteiger partial charge in [0, 0.05) is 19.1 Å². The van der Waals surface area contributed by atoms with Crippen LogP contribution in [0.4, 0.5) is 0 Å². The van der Waals surface area contributed by atoms with Crippen LogP contribution in [0.15, 0.2) is 0 Å². The third-order valence-corrected chi connectivity index (χ3v) is 3.59. The first-order chi connectivity index (χ1) is 8.74. The summed E-state index contributed by atoms with van der Waals surface area (Å²) in [6.45, 7) is 8.96. The SMILES string of the molecule is CCCCNC(=O)CNCC(C)N1CCCCC1. The quantitative estimate of drug-likeness (QED) is 0.644. The number of hydrogen-bond acceptors (Lipinski definition) is 3. The highest BCUT2D eigenvalue weighted by Gasteiger charge is 2.16. The summed E-state index contributed by atoms with van der Waals surface area (Å²) in [6.07, 6.45) is 6.20. The summed E-state index contributed by atoms with van der Waals surface area (Å²) in [5.74, 6) is 0.120. The first kappa shape index (κ1) is 15.4. The van der Waals surface area contributed by atoms with Gasteiger partial charge in [-0.2, -0.15) is 0 Å². The second-order valence-corrected chi connectivity index (χ2v) is 5.28. The number of likely N-dealkylation sites (tertiary alicyclic amines) is 1. The van der Waals surface area contributed by atoms with Crippen LogP contribution in [-0.2, 0) is 4.79 Å². The van der Waals surface area contributed by atoms with Crippen molar-refractivity contribution in [1.29, 1.82) is 0 Å². The molecule has 1 saturated heterocycles. The second-order valence-electron chi connectivity index (χ2n) is 5.28. The largest absolute Gasteiger partial charge is 0.355 e. The third-order valence-electron chi connectivity index (χ3n) is 3.59. The summed E-state index contributed by atoms with van der Waals surface area (Å²) in [6, 6.07) is 0.536. The Morgan fingerprint density at radius 3 is 2.67 bits per heavy atom. The van der Waals surface area contributed by atoms with Crippen molar-refractivity contribution in [2.75, 3.05) is 32.7 Å². The topological polar surface area (TPSA) is 44.4 Å². The van der Waals surface area contributed by atoms with Crippen LogP contribution in [0.5, 0.6) is 0 Å². The van der Waals surface area contributed by atoms with Gasteiger partial charge in [-0.3, -0.25) is 9.69 Å². The van der Waals surface area contributed by atoms with Gasteiger partial charge in [0.2, 0.25) is 5.91 Å². The molecule has 1 aliphatic rings. The Morgan fingerprint density at radius 1 is 1.28 bits per heavy atom. The molecule has 1 fully saturated rings. The predicted octanol–water partition coefficient (Wildman–Crippen LogP) is 1.37. The van der Waals surface area contributed by atoms with Gasteiger partial charge in [-0.1, -0.05) is 19.8 Å². The van der Waals surface area contributed by atoms with Crippen LogP contribution >= 0.6 is 0 Å². The molecule has 4 nitrogen and oxygen atoms in total. The van der Waals surface area contributed by atoms with E-state index in [1.165, 1.54) is 32.4 Å². The minimum Gasteiger partial charge on any atom is -0.355 e. The number of nitrogens with one attached hydrogen (secondary N) is 2. The van der Waals surface area contributed by atoms with E-state index in [9.17, 15) is 4.79 Å². The molecule has 0 bridgehead atoms. The Labute approximate surface area is 111 Å². The van der Waals surface area contributed by atoms with E-state index >= 15 is 0 Å². The van der Waals surface area contributed by atoms with Gasteiger partial charge in [-0.25, -0.2) is 0 Å². The van der Waals surface area contributed by atoms with Gasteiger partial charge in [0.05, 0.1) is 6.54 Å². The molecule has 4 heteroatoms. The predicted molar refractivity (Wildman–Crippen MR) is 75.7 cm³/mol. The molecule has 0 radical (unpaired) electrons. The molecule has 106 valence electrons. The number of carbonyl (C=O) groups is 1. The van der Waals surface area contributed by atoms with Gasteiger partial charge >= 0.3 is 0 Å². The van der Waals surface area contributed by atoms with Crippen LogP contribution in [0.1, 0.15) is 46.0 Å². The fourth-order valence-electron chi connectivity index (χ4n) is 2.35. The van der Waals surface area contributed by atoms with E-state index in [0.717, 1.165) is 25.9 Å². The molecule has 1 aliphatic heterocycles. The van der Waals surface area contributed by atoms with Crippen molar-refractivity contribution < 1.29 is 4.79 Å². The first-order valence-corrected chi connectivity index (χ1v) is 7.45. The highest BCUT2D eigenvalue weighted by atomic mass is 16.1. The van der Waals surface area contributed by atoms with Crippen LogP contribution in [-0.4, -0.2) is 49.6 Å². The Morgan fingerprint density at radius 2 is 2.00 bits per heavy atom. The van der Waals surface area contributed by atoms with Crippen molar-refractivity contribution in [3.63, 3.8) is 0 Å². The smallest absolute Gasteiger partial charge is 0.233 e. The van der Waals surface area contributed by atoms with Gasteiger partial charge in [0.1, 0.15) is 0 Å². The maximum Gasteiger partial charge on any atom is 0.233 e. The number of amides is 1. The molecule has 0 aliphatic carbocycles. The molecular formula is C14H29N3O. The zero-order chi connectivity index (χ0) is 13.2. The van der Waals surface area contributed by atoms with Gasteiger partial charge in [-0.15, -0.1) is 0 Å². The molecule has 18 heavy (non-hydrogen) atoms. The average Bonchev–Trinajstić information content (AvgIpc) is 2.40. The normalized spacial score (nSPS) is 18.6. The molecule has 1 amide bonds. The molecule has 1 heterocycles. The molecule has 0 aromatic carbocycles. The lowest BCUT2D eigenvalue weighted by atomic mass is 10.1. The van der Waals surface area contributed by atoms with Crippen molar-refractivity contribution in [1.82, 2.24) is 15.5 Å². The van der Waals surface area contributed by atoms with Crippen LogP contribution in [0, 0.1) is 0 Å². The van der Waals surface area contributed by atoms with E-state index in [0.29, 0.717) is 12.6 Å². The molecule has 2 N–H and O–H groups in total. The van der Waals surface area contributed by atoms with Crippen molar-refractivity contribution in [3.8, 4) is 0 Å². The highest BCUT2D eigenvalue weighted by Crippen LogP contribution is 2.11. The Bertz CT molecular complexity index is 227. The molecule has 0 spiro atoms. The fourth-order valence-corrected chi connectivity index (χ4v) is 2.35. The molecule has 1 atom stereocenters. The summed E-state index contributed by atoms with van der Waals surface area (Å²) in [5.41, 5.74) is 0. The minimum absolute atomic E-state index is 0.120. The zero-order valence-corrected chi connectivity index (χ0v) is 12.0. The first-order valence-electron chi connectivity index (χ1n) is 7.45. The molecule has 0 saturated carbocycles. The lowest BCUT2D eigenvalue weighted by molar-refractivity contribution is -0.120. The van der Waals surface area contributed by atoms with Crippen molar-refractivity contribution >= 4 is 5.91 Å². The molecule has 0 aromatic rings. The average molecular weight is 255 g/mol. The molecular weight excluding hydrogens is 226 g/mol. The van der Waals surface area contributed by atoms with Crippen LogP contribution in [0.2, 0.25) is 0 Å². The monoisotopic (exact) mass is 255 g/mol. The van der Waals surface area contributed by atoms with Crippen molar-refractivity contribution in [2.24, 2.45) is 0 Å². The summed E-state index contributed by atoms with van der Waals surface area (Å²) in [4.78, 5) is 14.0. The second kappa shape index (κ2) is 9.34. The lowest BCUT2D eigenvalue weighted by Crippen LogP contribution is -2.45. The van der Waals surface area contributed by atoms with Crippen molar-refractivity contribution in [3.05, 3.63) is 0 Å². The number of nitrogens with zero attached hydrogens (tertiary/aromatic N) is 1. The molecule has 1 rings (SSSR count). The maximum atomic E-state index is 11.5. The maximum absolute atomic E-state index is 11.5. The number of piperidine rings is 1. The standard InChI is InChI=1S/C14H29N3O/c1-3-4-8-16-14(18)12-15-11-13(2)17-9-6-5-7-10-17/h13,15H,3-12H2,1-2H3,(H,16,18). The highest BCUT2D eigenvalue weighted by molar-refractivity contribution is 5.77. The van der Waals surface area contributed by atoms with Gasteiger partial charge in [0.15, 0.2) is 0 Å². The van der Waals surface area contributed by atoms with E-state index < -0.39 is 0 Å². The van der Waals surface area contributed by atoms with E-state index in [1.54, 1.807) is 0 Å². The van der Waals surface area contributed by atoms with E-state index in [4.69, 9.17) is 0 Å². The number of carbonyl (C=O) groups excluding carboxylic acids is 1. The minimum atomic E-state index is 0.120.